The van der Waals surface area contributed by atoms with E-state index in [0.29, 0.717) is 5.69 Å². The first-order valence-corrected chi connectivity index (χ1v) is 6.54. The minimum Gasteiger partial charge on any atom is -0.251 e. The Kier molecular flexibility index (Phi) is 2.97. The second kappa shape index (κ2) is 4.67. The van der Waals surface area contributed by atoms with Gasteiger partial charge in [0.2, 0.25) is 0 Å². The van der Waals surface area contributed by atoms with Gasteiger partial charge in [-0.05, 0) is 37.1 Å². The number of hydrogen-bond acceptors (Lipinski definition) is 3. The van der Waals surface area contributed by atoms with E-state index in [1.807, 2.05) is 23.6 Å². The van der Waals surface area contributed by atoms with Crippen molar-refractivity contribution in [2.24, 2.45) is 0 Å². The fourth-order valence-corrected chi connectivity index (χ4v) is 2.26. The van der Waals surface area contributed by atoms with Crippen molar-refractivity contribution in [2.45, 2.75) is 26.7 Å². The first-order valence-electron chi connectivity index (χ1n) is 6.54. The number of pyridine rings is 1. The lowest BCUT2D eigenvalue weighted by Crippen LogP contribution is -2.02. The molecule has 0 fully saturated rings. The highest BCUT2D eigenvalue weighted by Crippen LogP contribution is 2.28. The Morgan fingerprint density at radius 3 is 2.60 bits per heavy atom. The molecule has 0 spiro atoms. The number of nitrogens with zero attached hydrogens (tertiary/aromatic N) is 4. The van der Waals surface area contributed by atoms with Gasteiger partial charge in [-0.3, -0.25) is 4.98 Å². The summed E-state index contributed by atoms with van der Waals surface area (Å²) >= 11 is 0. The molecular formula is C15H15FN4. The zero-order valence-electron chi connectivity index (χ0n) is 11.6. The van der Waals surface area contributed by atoms with Crippen molar-refractivity contribution in [3.05, 3.63) is 47.7 Å². The molecule has 102 valence electrons. The number of halogens is 1. The van der Waals surface area contributed by atoms with Gasteiger partial charge in [-0.25, -0.2) is 13.9 Å². The van der Waals surface area contributed by atoms with Gasteiger partial charge in [0.05, 0.1) is 23.3 Å². The van der Waals surface area contributed by atoms with E-state index in [1.165, 1.54) is 12.3 Å². The first-order chi connectivity index (χ1) is 9.56. The van der Waals surface area contributed by atoms with Crippen LogP contribution in [0.3, 0.4) is 0 Å². The molecule has 0 bridgehead atoms. The molecule has 4 nitrogen and oxygen atoms in total. The van der Waals surface area contributed by atoms with Crippen LogP contribution in [0.15, 0.2) is 30.5 Å². The van der Waals surface area contributed by atoms with E-state index in [0.717, 1.165) is 22.7 Å². The van der Waals surface area contributed by atoms with E-state index in [-0.39, 0.29) is 11.7 Å². The Morgan fingerprint density at radius 2 is 1.95 bits per heavy atom. The third kappa shape index (κ3) is 2.05. The average molecular weight is 270 g/mol. The van der Waals surface area contributed by atoms with Gasteiger partial charge in [-0.15, -0.1) is 0 Å². The van der Waals surface area contributed by atoms with Crippen molar-refractivity contribution < 1.29 is 4.39 Å². The largest absolute Gasteiger partial charge is 0.251 e. The summed E-state index contributed by atoms with van der Waals surface area (Å²) in [7, 11) is 0. The monoisotopic (exact) mass is 270 g/mol. The zero-order chi connectivity index (χ0) is 14.3. The number of aryl methyl sites for hydroxylation is 1. The van der Waals surface area contributed by atoms with Crippen LogP contribution in [0.25, 0.3) is 17.0 Å². The van der Waals surface area contributed by atoms with Crippen LogP contribution in [0, 0.1) is 12.7 Å². The van der Waals surface area contributed by atoms with E-state index in [9.17, 15) is 4.39 Å². The van der Waals surface area contributed by atoms with Crippen LogP contribution in [0.2, 0.25) is 0 Å². The van der Waals surface area contributed by atoms with Crippen molar-refractivity contribution in [1.82, 2.24) is 19.6 Å². The highest BCUT2D eigenvalue weighted by atomic mass is 19.1. The Hall–Kier alpha value is -2.30. The lowest BCUT2D eigenvalue weighted by Gasteiger charge is -2.07. The number of fused-ring (bicyclic) bond motifs is 1. The molecule has 0 saturated heterocycles. The summed E-state index contributed by atoms with van der Waals surface area (Å²) in [5.41, 5.74) is 4.12. The van der Waals surface area contributed by atoms with Crippen molar-refractivity contribution >= 4 is 5.65 Å². The maximum Gasteiger partial charge on any atom is 0.154 e. The number of aromatic nitrogens is 4. The van der Waals surface area contributed by atoms with Crippen LogP contribution >= 0.6 is 0 Å². The molecule has 0 amide bonds. The molecule has 5 heteroatoms. The second-order valence-corrected chi connectivity index (χ2v) is 5.11. The summed E-state index contributed by atoms with van der Waals surface area (Å²) in [4.78, 5) is 8.72. The van der Waals surface area contributed by atoms with Gasteiger partial charge in [-0.1, -0.05) is 13.8 Å². The van der Waals surface area contributed by atoms with Crippen LogP contribution in [0.1, 0.15) is 31.2 Å². The molecule has 3 aromatic rings. The summed E-state index contributed by atoms with van der Waals surface area (Å²) in [5.74, 6) is -0.112. The van der Waals surface area contributed by atoms with Gasteiger partial charge in [0.15, 0.2) is 5.65 Å². The summed E-state index contributed by atoms with van der Waals surface area (Å²) in [6, 6.07) is 6.90. The van der Waals surface area contributed by atoms with Gasteiger partial charge in [0.1, 0.15) is 11.5 Å². The molecule has 0 radical (unpaired) electrons. The van der Waals surface area contributed by atoms with Gasteiger partial charge < -0.3 is 0 Å². The standard InChI is InChI=1S/C15H15FN4/c1-9(2)15-14(12-6-5-11(16)8-17-12)18-13-7-4-10(3)19-20(13)15/h4-9H,1-3H3. The Morgan fingerprint density at radius 1 is 1.15 bits per heavy atom. The van der Waals surface area contributed by atoms with Gasteiger partial charge in [0.25, 0.3) is 0 Å². The molecule has 0 aliphatic rings. The third-order valence-corrected chi connectivity index (χ3v) is 3.16. The lowest BCUT2D eigenvalue weighted by molar-refractivity contribution is 0.621. The van der Waals surface area contributed by atoms with E-state index in [1.54, 1.807) is 6.07 Å². The molecule has 0 saturated carbocycles. The summed E-state index contributed by atoms with van der Waals surface area (Å²) in [6.07, 6.45) is 1.21. The van der Waals surface area contributed by atoms with Crippen molar-refractivity contribution in [1.29, 1.82) is 0 Å². The fraction of sp³-hybridized carbons (Fsp3) is 0.267. The van der Waals surface area contributed by atoms with Crippen LogP contribution in [-0.4, -0.2) is 19.6 Å². The molecular weight excluding hydrogens is 255 g/mol. The minimum absolute atomic E-state index is 0.237. The smallest absolute Gasteiger partial charge is 0.154 e. The SMILES string of the molecule is Cc1ccc2nc(-c3ccc(F)cn3)c(C(C)C)n2n1. The van der Waals surface area contributed by atoms with Crippen LogP contribution < -0.4 is 0 Å². The molecule has 3 aromatic heterocycles. The molecule has 3 heterocycles. The molecule has 0 unspecified atom stereocenters. The maximum absolute atomic E-state index is 13.0. The maximum atomic E-state index is 13.0. The Bertz CT molecular complexity index is 759. The van der Waals surface area contributed by atoms with Crippen molar-refractivity contribution in [3.8, 4) is 11.4 Å². The highest BCUT2D eigenvalue weighted by Gasteiger charge is 2.18. The first kappa shape index (κ1) is 12.7. The summed E-state index contributed by atoms with van der Waals surface area (Å²) in [6.45, 7) is 6.11. The van der Waals surface area contributed by atoms with Crippen LogP contribution in [-0.2, 0) is 0 Å². The molecule has 0 aliphatic heterocycles. The Labute approximate surface area is 116 Å². The quantitative estimate of drug-likeness (QED) is 0.717. The third-order valence-electron chi connectivity index (χ3n) is 3.16. The predicted octanol–water partition coefficient (Wildman–Crippen LogP) is 3.36. The normalized spacial score (nSPS) is 11.4. The highest BCUT2D eigenvalue weighted by molar-refractivity contribution is 5.63. The second-order valence-electron chi connectivity index (χ2n) is 5.11. The van der Waals surface area contributed by atoms with E-state index < -0.39 is 0 Å². The van der Waals surface area contributed by atoms with E-state index in [2.05, 4.69) is 28.9 Å². The molecule has 0 N–H and O–H groups in total. The summed E-state index contributed by atoms with van der Waals surface area (Å²) in [5, 5.41) is 4.51. The number of rotatable bonds is 2. The summed E-state index contributed by atoms with van der Waals surface area (Å²) < 4.78 is 14.9. The molecule has 20 heavy (non-hydrogen) atoms. The lowest BCUT2D eigenvalue weighted by atomic mass is 10.1. The average Bonchev–Trinajstić information content (AvgIpc) is 2.78. The molecule has 3 rings (SSSR count). The van der Waals surface area contributed by atoms with E-state index in [4.69, 9.17) is 0 Å². The van der Waals surface area contributed by atoms with E-state index >= 15 is 0 Å². The topological polar surface area (TPSA) is 43.1 Å². The fourth-order valence-electron chi connectivity index (χ4n) is 2.26. The van der Waals surface area contributed by atoms with Gasteiger partial charge in [0, 0.05) is 0 Å². The molecule has 0 aliphatic carbocycles. The van der Waals surface area contributed by atoms with Gasteiger partial charge >= 0.3 is 0 Å². The van der Waals surface area contributed by atoms with Crippen molar-refractivity contribution in [2.75, 3.05) is 0 Å². The predicted molar refractivity (Wildman–Crippen MR) is 75.0 cm³/mol. The zero-order valence-corrected chi connectivity index (χ0v) is 11.6. The number of hydrogen-bond donors (Lipinski definition) is 0. The van der Waals surface area contributed by atoms with Crippen LogP contribution in [0.4, 0.5) is 4.39 Å². The molecule has 0 aromatic carbocycles. The van der Waals surface area contributed by atoms with Crippen molar-refractivity contribution in [3.63, 3.8) is 0 Å². The minimum atomic E-state index is -0.349. The molecule has 0 atom stereocenters. The van der Waals surface area contributed by atoms with Gasteiger partial charge in [-0.2, -0.15) is 5.10 Å². The number of imidazole rings is 1. The van der Waals surface area contributed by atoms with Crippen LogP contribution in [0.5, 0.6) is 0 Å². The Balaban J connectivity index is 2.29.